The summed E-state index contributed by atoms with van der Waals surface area (Å²) in [6, 6.07) is 3.33. The van der Waals surface area contributed by atoms with Crippen molar-refractivity contribution in [3.8, 4) is 0 Å². The summed E-state index contributed by atoms with van der Waals surface area (Å²) in [6.07, 6.45) is 1.57. The third-order valence-electron chi connectivity index (χ3n) is 2.84. The maximum Gasteiger partial charge on any atom is 0.257 e. The fraction of sp³-hybridized carbons (Fsp3) is 0.417. The van der Waals surface area contributed by atoms with Crippen molar-refractivity contribution in [2.45, 2.75) is 20.8 Å². The molecule has 2 heterocycles. The lowest BCUT2D eigenvalue weighted by atomic mass is 9.92. The molecule has 1 aromatic rings. The molecule has 1 amide bonds. The predicted octanol–water partition coefficient (Wildman–Crippen LogP) is 1.66. The number of rotatable bonds is 2. The van der Waals surface area contributed by atoms with Gasteiger partial charge in [-0.15, -0.1) is 0 Å². The first-order valence-electron chi connectivity index (χ1n) is 5.61. The van der Waals surface area contributed by atoms with Crippen molar-refractivity contribution in [1.29, 1.82) is 0 Å². The third-order valence-corrected chi connectivity index (χ3v) is 2.84. The molecule has 1 atom stereocenters. The first kappa shape index (κ1) is 11.6. The largest absolute Gasteiger partial charge is 0.399 e. The Morgan fingerprint density at radius 3 is 2.71 bits per heavy atom. The Balaban J connectivity index is 2.34. The molecule has 5 nitrogen and oxygen atoms in total. The molecule has 90 valence electrons. The van der Waals surface area contributed by atoms with Crippen molar-refractivity contribution >= 4 is 23.1 Å². The van der Waals surface area contributed by atoms with Crippen LogP contribution >= 0.6 is 0 Å². The number of nitrogen functional groups attached to an aromatic ring is 1. The number of nitrogens with two attached hydrogens (primary N) is 1. The van der Waals surface area contributed by atoms with Crippen molar-refractivity contribution in [2.75, 3.05) is 10.7 Å². The Morgan fingerprint density at radius 2 is 2.18 bits per heavy atom. The molecule has 0 saturated carbocycles. The normalized spacial score (nSPS) is 20.0. The highest BCUT2D eigenvalue weighted by molar-refractivity contribution is 6.14. The van der Waals surface area contributed by atoms with Gasteiger partial charge < -0.3 is 5.73 Å². The summed E-state index contributed by atoms with van der Waals surface area (Å²) in [5.41, 5.74) is 7.08. The van der Waals surface area contributed by atoms with Crippen molar-refractivity contribution in [2.24, 2.45) is 16.9 Å². The molecular weight excluding hydrogens is 216 g/mol. The minimum atomic E-state index is -0.154. The molecule has 0 bridgehead atoms. The van der Waals surface area contributed by atoms with Crippen LogP contribution in [0, 0.1) is 11.8 Å². The lowest BCUT2D eigenvalue weighted by Gasteiger charge is -2.15. The minimum Gasteiger partial charge on any atom is -0.399 e. The average molecular weight is 232 g/mol. The number of hydrogen-bond acceptors (Lipinski definition) is 4. The fourth-order valence-electron chi connectivity index (χ4n) is 2.06. The van der Waals surface area contributed by atoms with Crippen molar-refractivity contribution in [1.82, 2.24) is 4.98 Å². The standard InChI is InChI=1S/C12H16N4O/c1-7(2)11-8(3)15-16(12(11)17)10-6-9(13)4-5-14-10/h4-7,11H,1-3H3,(H2,13,14)/t11-/m0/s1. The number of nitrogens with zero attached hydrogens (tertiary/aromatic N) is 3. The first-order valence-corrected chi connectivity index (χ1v) is 5.61. The molecule has 1 aromatic heterocycles. The van der Waals surface area contributed by atoms with E-state index in [4.69, 9.17) is 5.73 Å². The van der Waals surface area contributed by atoms with Crippen LogP contribution in [0.5, 0.6) is 0 Å². The highest BCUT2D eigenvalue weighted by atomic mass is 16.2. The Kier molecular flexibility index (Phi) is 2.83. The summed E-state index contributed by atoms with van der Waals surface area (Å²) in [7, 11) is 0. The minimum absolute atomic E-state index is 0.0319. The smallest absolute Gasteiger partial charge is 0.257 e. The number of amides is 1. The molecule has 5 heteroatoms. The molecule has 1 aliphatic rings. The van der Waals surface area contributed by atoms with Gasteiger partial charge in [-0.25, -0.2) is 4.98 Å². The molecule has 0 spiro atoms. The summed E-state index contributed by atoms with van der Waals surface area (Å²) in [5.74, 6) is 0.531. The first-order chi connectivity index (χ1) is 8.00. The van der Waals surface area contributed by atoms with E-state index < -0.39 is 0 Å². The Labute approximate surface area is 100 Å². The van der Waals surface area contributed by atoms with E-state index in [0.717, 1.165) is 5.71 Å². The zero-order valence-electron chi connectivity index (χ0n) is 10.2. The molecule has 0 saturated heterocycles. The van der Waals surface area contributed by atoms with E-state index in [2.05, 4.69) is 10.1 Å². The van der Waals surface area contributed by atoms with Crippen LogP contribution in [0.15, 0.2) is 23.4 Å². The highest BCUT2D eigenvalue weighted by Crippen LogP contribution is 2.27. The average Bonchev–Trinajstić information content (AvgIpc) is 2.54. The fourth-order valence-corrected chi connectivity index (χ4v) is 2.06. The highest BCUT2D eigenvalue weighted by Gasteiger charge is 2.36. The lowest BCUT2D eigenvalue weighted by molar-refractivity contribution is -0.120. The summed E-state index contributed by atoms with van der Waals surface area (Å²) >= 11 is 0. The van der Waals surface area contributed by atoms with Gasteiger partial charge in [0, 0.05) is 23.7 Å². The number of hydrazone groups is 1. The van der Waals surface area contributed by atoms with E-state index in [1.807, 2.05) is 20.8 Å². The predicted molar refractivity (Wildman–Crippen MR) is 67.6 cm³/mol. The third kappa shape index (κ3) is 2.00. The Hall–Kier alpha value is -1.91. The number of carbonyl (C=O) groups is 1. The van der Waals surface area contributed by atoms with Crippen molar-refractivity contribution < 1.29 is 4.79 Å². The van der Waals surface area contributed by atoms with Gasteiger partial charge in [-0.2, -0.15) is 10.1 Å². The molecule has 0 radical (unpaired) electrons. The SMILES string of the molecule is CC1=NN(c2cc(N)ccn2)C(=O)[C@H]1C(C)C. The number of anilines is 2. The van der Waals surface area contributed by atoms with Gasteiger partial charge in [0.15, 0.2) is 5.82 Å². The van der Waals surface area contributed by atoms with Crippen LogP contribution < -0.4 is 10.7 Å². The second-order valence-corrected chi connectivity index (χ2v) is 4.56. The van der Waals surface area contributed by atoms with Crippen LogP contribution in [-0.2, 0) is 4.79 Å². The van der Waals surface area contributed by atoms with Crippen LogP contribution in [-0.4, -0.2) is 16.6 Å². The molecular formula is C12H16N4O. The van der Waals surface area contributed by atoms with Gasteiger partial charge in [0.2, 0.25) is 0 Å². The molecule has 0 unspecified atom stereocenters. The summed E-state index contributed by atoms with van der Waals surface area (Å²) in [5, 5.41) is 5.61. The van der Waals surface area contributed by atoms with Crippen LogP contribution in [0.25, 0.3) is 0 Å². The van der Waals surface area contributed by atoms with Gasteiger partial charge in [-0.3, -0.25) is 4.79 Å². The zero-order valence-corrected chi connectivity index (χ0v) is 10.2. The summed E-state index contributed by atoms with van der Waals surface area (Å²) in [6.45, 7) is 5.89. The van der Waals surface area contributed by atoms with Crippen LogP contribution in [0.3, 0.4) is 0 Å². The Morgan fingerprint density at radius 1 is 1.47 bits per heavy atom. The van der Waals surface area contributed by atoms with Gasteiger partial charge in [0.05, 0.1) is 5.92 Å². The molecule has 2 rings (SSSR count). The van der Waals surface area contributed by atoms with Gasteiger partial charge in [-0.1, -0.05) is 13.8 Å². The monoisotopic (exact) mass is 232 g/mol. The maximum atomic E-state index is 12.2. The van der Waals surface area contributed by atoms with E-state index in [1.165, 1.54) is 5.01 Å². The van der Waals surface area contributed by atoms with Crippen molar-refractivity contribution in [3.63, 3.8) is 0 Å². The van der Waals surface area contributed by atoms with E-state index in [1.54, 1.807) is 18.3 Å². The van der Waals surface area contributed by atoms with Gasteiger partial charge >= 0.3 is 0 Å². The number of aromatic nitrogens is 1. The molecule has 2 N–H and O–H groups in total. The quantitative estimate of drug-likeness (QED) is 0.842. The Bertz CT molecular complexity index is 481. The lowest BCUT2D eigenvalue weighted by Crippen LogP contribution is -2.30. The van der Waals surface area contributed by atoms with Gasteiger partial charge in [-0.05, 0) is 18.9 Å². The summed E-state index contributed by atoms with van der Waals surface area (Å²) < 4.78 is 0. The summed E-state index contributed by atoms with van der Waals surface area (Å²) in [4.78, 5) is 16.3. The van der Waals surface area contributed by atoms with Crippen LogP contribution in [0.4, 0.5) is 11.5 Å². The van der Waals surface area contributed by atoms with E-state index >= 15 is 0 Å². The van der Waals surface area contributed by atoms with Crippen LogP contribution in [0.1, 0.15) is 20.8 Å². The molecule has 0 aliphatic carbocycles. The number of hydrogen-bond donors (Lipinski definition) is 1. The van der Waals surface area contributed by atoms with E-state index in [-0.39, 0.29) is 17.7 Å². The molecule has 17 heavy (non-hydrogen) atoms. The number of carbonyl (C=O) groups excluding carboxylic acids is 1. The van der Waals surface area contributed by atoms with Crippen molar-refractivity contribution in [3.05, 3.63) is 18.3 Å². The molecule has 0 aromatic carbocycles. The zero-order chi connectivity index (χ0) is 12.6. The topological polar surface area (TPSA) is 71.6 Å². The maximum absolute atomic E-state index is 12.2. The van der Waals surface area contributed by atoms with Gasteiger partial charge in [0.1, 0.15) is 0 Å². The van der Waals surface area contributed by atoms with Gasteiger partial charge in [0.25, 0.3) is 5.91 Å². The van der Waals surface area contributed by atoms with E-state index in [9.17, 15) is 4.79 Å². The molecule has 1 aliphatic heterocycles. The number of pyridine rings is 1. The van der Waals surface area contributed by atoms with E-state index in [0.29, 0.717) is 11.5 Å². The second kappa shape index (κ2) is 4.16. The second-order valence-electron chi connectivity index (χ2n) is 4.56. The van der Waals surface area contributed by atoms with Crippen LogP contribution in [0.2, 0.25) is 0 Å². The molecule has 0 fully saturated rings.